The molecule has 176 valence electrons. The first-order chi connectivity index (χ1) is 17.2. The van der Waals surface area contributed by atoms with E-state index in [4.69, 9.17) is 0 Å². The van der Waals surface area contributed by atoms with Gasteiger partial charge in [0.1, 0.15) is 0 Å². The van der Waals surface area contributed by atoms with Gasteiger partial charge in [0.25, 0.3) is 0 Å². The molecule has 9 heteroatoms. The standard InChI is InChI=1S/C26H18S9/c1-27-21-22(28-2)33-25(32-21)26-34-23-24(35-26)31-20(30-23)17-13-18(15-9-5-3-6-10-15)29-19(14-17)16-11-7-4-8-12-16/h3-14H,1-2H3. The fraction of sp³-hybridized carbons (Fsp3) is 0.0769. The van der Waals surface area contributed by atoms with Crippen molar-refractivity contribution in [3.05, 3.63) is 119 Å². The molecule has 0 fully saturated rings. The van der Waals surface area contributed by atoms with E-state index in [-0.39, 0.29) is 0 Å². The molecule has 35 heavy (non-hydrogen) atoms. The molecule has 2 aromatic carbocycles. The van der Waals surface area contributed by atoms with Crippen LogP contribution in [0.15, 0.2) is 108 Å². The maximum atomic E-state index is 2.38. The third-order valence-electron chi connectivity index (χ3n) is 5.13. The van der Waals surface area contributed by atoms with E-state index in [1.165, 1.54) is 56.2 Å². The van der Waals surface area contributed by atoms with Gasteiger partial charge in [0.2, 0.25) is 0 Å². The number of allylic oxidation sites excluding steroid dienone is 3. The molecule has 0 unspecified atom stereocenters. The normalized spacial score (nSPS) is 20.2. The topological polar surface area (TPSA) is 0 Å². The molecule has 0 atom stereocenters. The van der Waals surface area contributed by atoms with E-state index in [0.29, 0.717) is 0 Å². The smallest absolute Gasteiger partial charge is 0.0718 e. The molecule has 0 spiro atoms. The van der Waals surface area contributed by atoms with E-state index in [2.05, 4.69) is 85.3 Å². The van der Waals surface area contributed by atoms with Crippen LogP contribution in [0.5, 0.6) is 0 Å². The molecule has 4 heterocycles. The highest BCUT2D eigenvalue weighted by Crippen LogP contribution is 2.71. The summed E-state index contributed by atoms with van der Waals surface area (Å²) >= 11 is 17.3. The van der Waals surface area contributed by atoms with Crippen LogP contribution in [0.1, 0.15) is 11.1 Å². The maximum Gasteiger partial charge on any atom is 0.0718 e. The third kappa shape index (κ3) is 5.45. The second kappa shape index (κ2) is 11.4. The van der Waals surface area contributed by atoms with Crippen molar-refractivity contribution >= 4 is 116 Å². The van der Waals surface area contributed by atoms with Crippen LogP contribution in [0.3, 0.4) is 0 Å². The number of rotatable bonds is 4. The molecule has 4 aliphatic heterocycles. The van der Waals surface area contributed by atoms with Gasteiger partial charge in [0.15, 0.2) is 0 Å². The van der Waals surface area contributed by atoms with Crippen LogP contribution in [0.25, 0.3) is 9.81 Å². The van der Waals surface area contributed by atoms with Crippen molar-refractivity contribution in [2.24, 2.45) is 0 Å². The van der Waals surface area contributed by atoms with Crippen LogP contribution in [0.4, 0.5) is 0 Å². The molecular formula is C26H18S9. The summed E-state index contributed by atoms with van der Waals surface area (Å²) in [4.78, 5) is 2.62. The summed E-state index contributed by atoms with van der Waals surface area (Å²) < 4.78 is 10.1. The molecule has 0 saturated heterocycles. The van der Waals surface area contributed by atoms with Crippen molar-refractivity contribution in [3.63, 3.8) is 0 Å². The van der Waals surface area contributed by atoms with E-state index >= 15 is 0 Å². The zero-order valence-electron chi connectivity index (χ0n) is 18.6. The Balaban J connectivity index is 1.28. The Kier molecular flexibility index (Phi) is 8.26. The largest absolute Gasteiger partial charge is 0.121 e. The molecule has 2 aromatic rings. The molecule has 6 rings (SSSR count). The van der Waals surface area contributed by atoms with Gasteiger partial charge in [0.05, 0.1) is 29.7 Å². The Labute approximate surface area is 245 Å². The van der Waals surface area contributed by atoms with Gasteiger partial charge >= 0.3 is 0 Å². The Morgan fingerprint density at radius 2 is 0.857 bits per heavy atom. The Bertz CT molecular complexity index is 1260. The molecule has 0 saturated carbocycles. The Morgan fingerprint density at radius 3 is 1.29 bits per heavy atom. The fourth-order valence-electron chi connectivity index (χ4n) is 3.50. The van der Waals surface area contributed by atoms with E-state index in [1.807, 2.05) is 106 Å². The lowest BCUT2D eigenvalue weighted by Gasteiger charge is -2.18. The van der Waals surface area contributed by atoms with Crippen molar-refractivity contribution in [1.82, 2.24) is 0 Å². The summed E-state index contributed by atoms with van der Waals surface area (Å²) in [5.74, 6) is 0. The van der Waals surface area contributed by atoms with Gasteiger partial charge in [-0.2, -0.15) is 0 Å². The van der Waals surface area contributed by atoms with Gasteiger partial charge in [-0.15, -0.1) is 23.5 Å². The molecular weight excluding hydrogens is 601 g/mol. The summed E-state index contributed by atoms with van der Waals surface area (Å²) in [6.45, 7) is 0. The molecule has 0 N–H and O–H groups in total. The molecule has 0 aliphatic carbocycles. The third-order valence-corrected chi connectivity index (χ3v) is 17.7. The van der Waals surface area contributed by atoms with Crippen LogP contribution in [0, 0.1) is 0 Å². The maximum absolute atomic E-state index is 2.38. The van der Waals surface area contributed by atoms with E-state index in [1.54, 1.807) is 0 Å². The van der Waals surface area contributed by atoms with Crippen molar-refractivity contribution in [2.45, 2.75) is 0 Å². The van der Waals surface area contributed by atoms with Crippen LogP contribution in [0.2, 0.25) is 0 Å². The first kappa shape index (κ1) is 25.3. The predicted molar refractivity (Wildman–Crippen MR) is 177 cm³/mol. The molecule has 0 nitrogen and oxygen atoms in total. The van der Waals surface area contributed by atoms with E-state index in [0.717, 1.165) is 0 Å². The lowest BCUT2D eigenvalue weighted by Crippen LogP contribution is -1.92. The molecule has 0 aromatic heterocycles. The SMILES string of the molecule is CSC1=C(SC)SC(=C2SC3=C(SC(=C4C=C(c5ccccc5)SC(c5ccccc5)=C4)S3)S2)S1. The first-order valence-corrected chi connectivity index (χ1v) is 18.7. The van der Waals surface area contributed by atoms with Crippen LogP contribution < -0.4 is 0 Å². The highest BCUT2D eigenvalue weighted by atomic mass is 32.3. The monoisotopic (exact) mass is 618 g/mol. The van der Waals surface area contributed by atoms with Gasteiger partial charge in [-0.05, 0) is 41.4 Å². The van der Waals surface area contributed by atoms with Gasteiger partial charge in [-0.3, -0.25) is 0 Å². The summed E-state index contributed by atoms with van der Waals surface area (Å²) in [5.41, 5.74) is 3.87. The number of hydrogen-bond acceptors (Lipinski definition) is 9. The van der Waals surface area contributed by atoms with Crippen molar-refractivity contribution in [2.75, 3.05) is 12.5 Å². The van der Waals surface area contributed by atoms with Crippen molar-refractivity contribution in [3.8, 4) is 0 Å². The Morgan fingerprint density at radius 1 is 0.457 bits per heavy atom. The van der Waals surface area contributed by atoms with Gasteiger partial charge in [0, 0.05) is 9.81 Å². The van der Waals surface area contributed by atoms with Gasteiger partial charge in [-0.25, -0.2) is 0 Å². The fourth-order valence-corrected chi connectivity index (χ4v) is 16.2. The second-order valence-electron chi connectivity index (χ2n) is 7.34. The zero-order valence-corrected chi connectivity index (χ0v) is 26.0. The molecule has 4 aliphatic rings. The molecule has 0 bridgehead atoms. The number of hydrogen-bond donors (Lipinski definition) is 0. The minimum Gasteiger partial charge on any atom is -0.121 e. The highest BCUT2D eigenvalue weighted by molar-refractivity contribution is 8.49. The van der Waals surface area contributed by atoms with Crippen LogP contribution in [-0.4, -0.2) is 12.5 Å². The predicted octanol–water partition coefficient (Wildman–Crippen LogP) is 11.6. The number of thioether (sulfide) groups is 9. The van der Waals surface area contributed by atoms with Crippen LogP contribution >= 0.6 is 106 Å². The second-order valence-corrected chi connectivity index (χ2v) is 18.0. The highest BCUT2D eigenvalue weighted by Gasteiger charge is 2.35. The average molecular weight is 619 g/mol. The van der Waals surface area contributed by atoms with E-state index < -0.39 is 0 Å². The first-order valence-electron chi connectivity index (χ1n) is 10.6. The summed E-state index contributed by atoms with van der Waals surface area (Å²) in [6, 6.07) is 21.5. The summed E-state index contributed by atoms with van der Waals surface area (Å²) in [7, 11) is 0. The lowest BCUT2D eigenvalue weighted by molar-refractivity contribution is 1.61. The molecule has 0 amide bonds. The number of benzene rings is 2. The quantitative estimate of drug-likeness (QED) is 0.325. The summed E-state index contributed by atoms with van der Waals surface area (Å²) in [6.07, 6.45) is 9.11. The summed E-state index contributed by atoms with van der Waals surface area (Å²) in [5, 5.41) is 0. The van der Waals surface area contributed by atoms with Crippen molar-refractivity contribution < 1.29 is 0 Å². The zero-order chi connectivity index (χ0) is 23.8. The van der Waals surface area contributed by atoms with Gasteiger partial charge < -0.3 is 0 Å². The van der Waals surface area contributed by atoms with Crippen molar-refractivity contribution in [1.29, 1.82) is 0 Å². The Hall–Kier alpha value is 0.0300. The molecule has 0 radical (unpaired) electrons. The minimum atomic E-state index is 1.28. The van der Waals surface area contributed by atoms with Gasteiger partial charge in [-0.1, -0.05) is 143 Å². The average Bonchev–Trinajstić information content (AvgIpc) is 3.62. The van der Waals surface area contributed by atoms with E-state index in [9.17, 15) is 0 Å². The lowest BCUT2D eigenvalue weighted by atomic mass is 10.1. The minimum absolute atomic E-state index is 1.28. The van der Waals surface area contributed by atoms with Crippen LogP contribution in [-0.2, 0) is 0 Å².